The summed E-state index contributed by atoms with van der Waals surface area (Å²) in [6.07, 6.45) is 1.84. The lowest BCUT2D eigenvalue weighted by Gasteiger charge is -2.16. The van der Waals surface area contributed by atoms with Crippen molar-refractivity contribution in [1.29, 1.82) is 0 Å². The molecule has 1 aromatic heterocycles. The summed E-state index contributed by atoms with van der Waals surface area (Å²) < 4.78 is 16.4. The molecule has 0 fully saturated rings. The van der Waals surface area contributed by atoms with Gasteiger partial charge in [-0.3, -0.25) is 0 Å². The number of aryl methyl sites for hydroxylation is 1. The molecule has 0 aliphatic carbocycles. The fourth-order valence-corrected chi connectivity index (χ4v) is 3.75. The van der Waals surface area contributed by atoms with Crippen LogP contribution in [-0.2, 0) is 19.4 Å². The van der Waals surface area contributed by atoms with Gasteiger partial charge in [-0.05, 0) is 38.0 Å². The van der Waals surface area contributed by atoms with Crippen molar-refractivity contribution in [2.45, 2.75) is 33.2 Å². The molecular weight excluding hydrogens is 374 g/mol. The summed E-state index contributed by atoms with van der Waals surface area (Å²) in [6.45, 7) is 6.46. The second-order valence-electron chi connectivity index (χ2n) is 6.09. The molecule has 0 radical (unpaired) electrons. The van der Waals surface area contributed by atoms with Crippen LogP contribution < -0.4 is 24.8 Å². The molecule has 28 heavy (non-hydrogen) atoms. The Morgan fingerprint density at radius 3 is 2.29 bits per heavy atom. The van der Waals surface area contributed by atoms with Crippen LogP contribution >= 0.6 is 11.3 Å². The Morgan fingerprint density at radius 1 is 0.929 bits per heavy atom. The molecule has 2 aromatic rings. The van der Waals surface area contributed by atoms with Gasteiger partial charge in [0.25, 0.3) is 0 Å². The lowest BCUT2D eigenvalue weighted by Crippen LogP contribution is -2.38. The van der Waals surface area contributed by atoms with Gasteiger partial charge in [0.15, 0.2) is 17.5 Å². The maximum atomic E-state index is 5.56. The van der Waals surface area contributed by atoms with Crippen LogP contribution in [0.2, 0.25) is 0 Å². The Labute approximate surface area is 171 Å². The van der Waals surface area contributed by atoms with Gasteiger partial charge in [0.2, 0.25) is 5.75 Å². The second-order valence-corrected chi connectivity index (χ2v) is 7.34. The second kappa shape index (κ2) is 11.4. The molecule has 0 aliphatic rings. The molecule has 0 aliphatic heterocycles. The van der Waals surface area contributed by atoms with E-state index in [9.17, 15) is 0 Å². The molecule has 0 saturated heterocycles. The molecule has 154 valence electrons. The van der Waals surface area contributed by atoms with Gasteiger partial charge >= 0.3 is 0 Å². The number of guanidine groups is 1. The smallest absolute Gasteiger partial charge is 0.203 e. The van der Waals surface area contributed by atoms with E-state index in [4.69, 9.17) is 19.2 Å². The van der Waals surface area contributed by atoms with E-state index in [1.54, 1.807) is 21.3 Å². The molecule has 2 N–H and O–H groups in total. The maximum absolute atomic E-state index is 5.56. The molecule has 0 atom stereocenters. The number of benzene rings is 1. The number of hydrogen-bond donors (Lipinski definition) is 2. The molecule has 6 nitrogen and oxygen atoms in total. The highest BCUT2D eigenvalue weighted by atomic mass is 32.1. The number of nitrogens with zero attached hydrogens (tertiary/aromatic N) is 1. The zero-order valence-electron chi connectivity index (χ0n) is 17.4. The minimum atomic E-state index is 0.618. The largest absolute Gasteiger partial charge is 0.493 e. The molecule has 0 unspecified atom stereocenters. The van der Waals surface area contributed by atoms with Gasteiger partial charge in [-0.1, -0.05) is 13.0 Å². The van der Waals surface area contributed by atoms with Gasteiger partial charge in [0, 0.05) is 28.4 Å². The molecule has 0 saturated carbocycles. The summed E-state index contributed by atoms with van der Waals surface area (Å²) in [6, 6.07) is 8.24. The molecule has 0 spiro atoms. The van der Waals surface area contributed by atoms with E-state index in [2.05, 4.69) is 36.6 Å². The number of aliphatic imine (C=N–C) groups is 1. The highest BCUT2D eigenvalue weighted by Crippen LogP contribution is 2.39. The van der Waals surface area contributed by atoms with Crippen molar-refractivity contribution in [1.82, 2.24) is 10.6 Å². The van der Waals surface area contributed by atoms with E-state index < -0.39 is 0 Å². The van der Waals surface area contributed by atoms with Crippen LogP contribution in [0.5, 0.6) is 17.2 Å². The lowest BCUT2D eigenvalue weighted by molar-refractivity contribution is 0.322. The minimum absolute atomic E-state index is 0.618. The number of thiophene rings is 1. The average molecular weight is 406 g/mol. The van der Waals surface area contributed by atoms with Gasteiger partial charge in [0.05, 0.1) is 27.9 Å². The molecule has 0 bridgehead atoms. The first kappa shape index (κ1) is 21.9. The topological polar surface area (TPSA) is 64.1 Å². The number of methoxy groups -OCH3 is 3. The summed E-state index contributed by atoms with van der Waals surface area (Å²) in [7, 11) is 4.88. The molecular formula is C21H31N3O3S. The fourth-order valence-electron chi connectivity index (χ4n) is 2.87. The van der Waals surface area contributed by atoms with Gasteiger partial charge in [-0.2, -0.15) is 0 Å². The number of rotatable bonds is 10. The van der Waals surface area contributed by atoms with Crippen LogP contribution in [0.25, 0.3) is 0 Å². The lowest BCUT2D eigenvalue weighted by atomic mass is 10.1. The number of hydrogen-bond acceptors (Lipinski definition) is 5. The number of nitrogens with one attached hydrogen (secondary N) is 2. The third-order valence-electron chi connectivity index (χ3n) is 4.28. The predicted molar refractivity (Wildman–Crippen MR) is 116 cm³/mol. The van der Waals surface area contributed by atoms with E-state index in [-0.39, 0.29) is 0 Å². The normalized spacial score (nSPS) is 11.2. The van der Waals surface area contributed by atoms with E-state index >= 15 is 0 Å². The Balaban J connectivity index is 2.01. The Kier molecular flexibility index (Phi) is 8.94. The summed E-state index contributed by atoms with van der Waals surface area (Å²) in [5.41, 5.74) is 1.05. The average Bonchev–Trinajstić information content (AvgIpc) is 3.19. The molecule has 2 rings (SSSR count). The Morgan fingerprint density at radius 2 is 1.68 bits per heavy atom. The van der Waals surface area contributed by atoms with Gasteiger partial charge < -0.3 is 24.8 Å². The zero-order chi connectivity index (χ0) is 20.4. The van der Waals surface area contributed by atoms with Crippen molar-refractivity contribution in [2.24, 2.45) is 4.99 Å². The minimum Gasteiger partial charge on any atom is -0.493 e. The molecule has 0 amide bonds. The van der Waals surface area contributed by atoms with Gasteiger partial charge in [0.1, 0.15) is 0 Å². The van der Waals surface area contributed by atoms with Crippen molar-refractivity contribution in [3.63, 3.8) is 0 Å². The van der Waals surface area contributed by atoms with Crippen LogP contribution in [0.3, 0.4) is 0 Å². The highest BCUT2D eigenvalue weighted by molar-refractivity contribution is 7.11. The molecule has 7 heteroatoms. The Hall–Kier alpha value is -2.41. The van der Waals surface area contributed by atoms with E-state index in [1.807, 2.05) is 23.5 Å². The van der Waals surface area contributed by atoms with Crippen molar-refractivity contribution in [3.8, 4) is 17.2 Å². The maximum Gasteiger partial charge on any atom is 0.203 e. The summed E-state index contributed by atoms with van der Waals surface area (Å²) in [4.78, 5) is 7.36. The Bertz CT molecular complexity index is 774. The third-order valence-corrected chi connectivity index (χ3v) is 5.49. The standard InChI is InChI=1S/C21H31N3O3S/c1-6-16-9-10-17(28-16)14-24-21(22-7-2)23-13-12-15-8-11-18(25-3)20(27-5)19(15)26-4/h8-11H,6-7,12-14H2,1-5H3,(H2,22,23,24). The van der Waals surface area contributed by atoms with Crippen LogP contribution in [-0.4, -0.2) is 40.4 Å². The summed E-state index contributed by atoms with van der Waals surface area (Å²) in [5.74, 6) is 2.80. The highest BCUT2D eigenvalue weighted by Gasteiger charge is 2.15. The first-order valence-corrected chi connectivity index (χ1v) is 10.4. The quantitative estimate of drug-likeness (QED) is 0.467. The van der Waals surface area contributed by atoms with Gasteiger partial charge in [-0.25, -0.2) is 4.99 Å². The zero-order valence-corrected chi connectivity index (χ0v) is 18.2. The first-order chi connectivity index (χ1) is 13.7. The number of ether oxygens (including phenoxy) is 3. The van der Waals surface area contributed by atoms with Crippen LogP contribution in [0.15, 0.2) is 29.3 Å². The van der Waals surface area contributed by atoms with Crippen molar-refractivity contribution in [2.75, 3.05) is 34.4 Å². The fraction of sp³-hybridized carbons (Fsp3) is 0.476. The van der Waals surface area contributed by atoms with Crippen LogP contribution in [0.4, 0.5) is 0 Å². The van der Waals surface area contributed by atoms with Crippen LogP contribution in [0.1, 0.15) is 29.2 Å². The van der Waals surface area contributed by atoms with E-state index in [0.717, 1.165) is 37.5 Å². The molecule has 1 heterocycles. The van der Waals surface area contributed by atoms with E-state index in [0.29, 0.717) is 23.8 Å². The van der Waals surface area contributed by atoms with E-state index in [1.165, 1.54) is 9.75 Å². The first-order valence-electron chi connectivity index (χ1n) is 9.54. The van der Waals surface area contributed by atoms with Crippen molar-refractivity contribution in [3.05, 3.63) is 39.6 Å². The van der Waals surface area contributed by atoms with Crippen molar-refractivity contribution < 1.29 is 14.2 Å². The van der Waals surface area contributed by atoms with Crippen LogP contribution in [0, 0.1) is 0 Å². The third kappa shape index (κ3) is 5.79. The monoisotopic (exact) mass is 405 g/mol. The predicted octanol–water partition coefficient (Wildman–Crippen LogP) is 3.63. The van der Waals surface area contributed by atoms with Crippen molar-refractivity contribution >= 4 is 17.3 Å². The molecule has 1 aromatic carbocycles. The summed E-state index contributed by atoms with van der Waals surface area (Å²) >= 11 is 1.82. The SMILES string of the molecule is CCNC(=NCc1ccc(CC)s1)NCCc1ccc(OC)c(OC)c1OC. The summed E-state index contributed by atoms with van der Waals surface area (Å²) in [5, 5.41) is 6.69. The van der Waals surface area contributed by atoms with Gasteiger partial charge in [-0.15, -0.1) is 11.3 Å².